The van der Waals surface area contributed by atoms with Crippen LogP contribution in [0.1, 0.15) is 63.0 Å². The van der Waals surface area contributed by atoms with Gasteiger partial charge >= 0.3 is 12.1 Å². The van der Waals surface area contributed by atoms with Crippen molar-refractivity contribution < 1.29 is 24.2 Å². The first-order chi connectivity index (χ1) is 16.9. The lowest BCUT2D eigenvalue weighted by molar-refractivity contribution is -0.139. The van der Waals surface area contributed by atoms with Crippen LogP contribution in [-0.2, 0) is 14.3 Å². The van der Waals surface area contributed by atoms with Gasteiger partial charge in [-0.15, -0.1) is 0 Å². The van der Waals surface area contributed by atoms with Crippen molar-refractivity contribution in [1.29, 1.82) is 0 Å². The number of rotatable bonds is 10. The Hall–Kier alpha value is -3.35. The third-order valence-electron chi connectivity index (χ3n) is 7.78. The molecule has 0 aromatic heterocycles. The van der Waals surface area contributed by atoms with Crippen molar-refractivity contribution in [3.05, 3.63) is 59.7 Å². The molecule has 0 saturated heterocycles. The molecular formula is C28H34N2O5. The number of carbonyl (C=O) groups is 3. The molecule has 0 unspecified atom stereocenters. The van der Waals surface area contributed by atoms with E-state index < -0.39 is 17.5 Å². The second-order valence-electron chi connectivity index (χ2n) is 9.77. The van der Waals surface area contributed by atoms with Gasteiger partial charge in [0.25, 0.3) is 0 Å². The fourth-order valence-corrected chi connectivity index (χ4v) is 5.40. The van der Waals surface area contributed by atoms with E-state index >= 15 is 0 Å². The van der Waals surface area contributed by atoms with E-state index in [1.165, 1.54) is 11.1 Å². The monoisotopic (exact) mass is 478 g/mol. The maximum absolute atomic E-state index is 13.1. The molecule has 0 bridgehead atoms. The molecule has 7 heteroatoms. The molecule has 2 aromatic carbocycles. The Labute approximate surface area is 206 Å². The number of ether oxygens (including phenoxy) is 1. The van der Waals surface area contributed by atoms with Crippen LogP contribution >= 0.6 is 0 Å². The first kappa shape index (κ1) is 24.8. The summed E-state index contributed by atoms with van der Waals surface area (Å²) in [5.41, 5.74) is 3.92. The minimum Gasteiger partial charge on any atom is -0.481 e. The van der Waals surface area contributed by atoms with Crippen LogP contribution in [0.15, 0.2) is 48.5 Å². The van der Waals surface area contributed by atoms with Crippen LogP contribution in [0.4, 0.5) is 4.79 Å². The molecule has 2 aliphatic rings. The molecule has 2 amide bonds. The van der Waals surface area contributed by atoms with Crippen LogP contribution in [0, 0.1) is 11.3 Å². The molecule has 2 aromatic rings. The van der Waals surface area contributed by atoms with Crippen molar-refractivity contribution in [2.24, 2.45) is 11.3 Å². The molecule has 0 spiro atoms. The van der Waals surface area contributed by atoms with Gasteiger partial charge in [0, 0.05) is 24.9 Å². The van der Waals surface area contributed by atoms with Crippen molar-refractivity contribution >= 4 is 18.0 Å². The Bertz CT molecular complexity index is 1040. The van der Waals surface area contributed by atoms with Crippen LogP contribution in [0.2, 0.25) is 0 Å². The zero-order valence-electron chi connectivity index (χ0n) is 20.4. The number of carboxylic acids is 1. The minimum atomic E-state index is -0.802. The molecule has 0 aliphatic heterocycles. The van der Waals surface area contributed by atoms with Crippen LogP contribution in [0.5, 0.6) is 0 Å². The first-order valence-electron chi connectivity index (χ1n) is 12.5. The van der Waals surface area contributed by atoms with E-state index in [-0.39, 0.29) is 43.4 Å². The average Bonchev–Trinajstić information content (AvgIpc) is 3.16. The summed E-state index contributed by atoms with van der Waals surface area (Å²) in [4.78, 5) is 36.6. The summed E-state index contributed by atoms with van der Waals surface area (Å²) in [6.45, 7) is 4.30. The van der Waals surface area contributed by atoms with Gasteiger partial charge in [-0.25, -0.2) is 4.79 Å². The molecular weight excluding hydrogens is 444 g/mol. The molecule has 7 nitrogen and oxygen atoms in total. The molecule has 1 saturated carbocycles. The van der Waals surface area contributed by atoms with E-state index in [4.69, 9.17) is 9.84 Å². The largest absolute Gasteiger partial charge is 0.481 e. The maximum Gasteiger partial charge on any atom is 0.407 e. The molecule has 4 rings (SSSR count). The van der Waals surface area contributed by atoms with E-state index in [2.05, 4.69) is 34.9 Å². The summed E-state index contributed by atoms with van der Waals surface area (Å²) < 4.78 is 5.63. The van der Waals surface area contributed by atoms with Gasteiger partial charge in [-0.3, -0.25) is 9.59 Å². The summed E-state index contributed by atoms with van der Waals surface area (Å²) in [5, 5.41) is 14.8. The number of hydrogen-bond donors (Lipinski definition) is 3. The van der Waals surface area contributed by atoms with Gasteiger partial charge in [-0.2, -0.15) is 0 Å². The van der Waals surface area contributed by atoms with Crippen molar-refractivity contribution in [2.45, 2.75) is 57.9 Å². The van der Waals surface area contributed by atoms with Crippen molar-refractivity contribution in [3.8, 4) is 11.1 Å². The highest BCUT2D eigenvalue weighted by atomic mass is 16.5. The predicted octanol–water partition coefficient (Wildman–Crippen LogP) is 4.70. The Morgan fingerprint density at radius 1 is 0.971 bits per heavy atom. The molecule has 0 radical (unpaired) electrons. The molecule has 35 heavy (non-hydrogen) atoms. The Kier molecular flexibility index (Phi) is 7.43. The number of hydrogen-bond acceptors (Lipinski definition) is 4. The summed E-state index contributed by atoms with van der Waals surface area (Å²) >= 11 is 0. The Balaban J connectivity index is 1.31. The van der Waals surface area contributed by atoms with E-state index in [9.17, 15) is 14.4 Å². The zero-order chi connectivity index (χ0) is 25.0. The standard InChI is InChI=1S/C28H34N2O5/c1-3-28(4-2,26(33)30-19-13-18(14-19)15-25(31)32)17-29-27(34)35-16-24-22-11-7-5-9-20(22)21-10-6-8-12-23(21)24/h5-12,18-19,24H,3-4,13-17H2,1-2H3,(H,29,34)(H,30,33)(H,31,32). The van der Waals surface area contributed by atoms with Crippen LogP contribution < -0.4 is 10.6 Å². The lowest BCUT2D eigenvalue weighted by atomic mass is 9.76. The number of carboxylic acid groups (broad SMARTS) is 1. The summed E-state index contributed by atoms with van der Waals surface area (Å²) in [5.74, 6) is -0.797. The number of fused-ring (bicyclic) bond motifs is 3. The number of carbonyl (C=O) groups excluding carboxylic acids is 2. The number of amides is 2. The van der Waals surface area contributed by atoms with Gasteiger partial charge < -0.3 is 20.5 Å². The number of aliphatic carboxylic acids is 1. The van der Waals surface area contributed by atoms with Gasteiger partial charge in [-0.05, 0) is 53.9 Å². The lowest BCUT2D eigenvalue weighted by Crippen LogP contribution is -2.53. The van der Waals surface area contributed by atoms with Crippen molar-refractivity contribution in [2.75, 3.05) is 13.2 Å². The Morgan fingerprint density at radius 3 is 2.09 bits per heavy atom. The molecule has 2 aliphatic carbocycles. The Morgan fingerprint density at radius 2 is 1.54 bits per heavy atom. The van der Waals surface area contributed by atoms with Gasteiger partial charge in [0.05, 0.1) is 5.41 Å². The summed E-state index contributed by atoms with van der Waals surface area (Å²) in [6, 6.07) is 16.4. The van der Waals surface area contributed by atoms with Crippen LogP contribution in [0.25, 0.3) is 11.1 Å². The lowest BCUT2D eigenvalue weighted by Gasteiger charge is -2.38. The number of alkyl carbamates (subject to hydrolysis) is 1. The summed E-state index contributed by atoms with van der Waals surface area (Å²) in [7, 11) is 0. The topological polar surface area (TPSA) is 105 Å². The third kappa shape index (κ3) is 5.19. The molecule has 186 valence electrons. The molecule has 0 atom stereocenters. The maximum atomic E-state index is 13.1. The normalized spacial score (nSPS) is 18.7. The van der Waals surface area contributed by atoms with Crippen molar-refractivity contribution in [1.82, 2.24) is 10.6 Å². The van der Waals surface area contributed by atoms with E-state index in [0.717, 1.165) is 11.1 Å². The van der Waals surface area contributed by atoms with Crippen LogP contribution in [0.3, 0.4) is 0 Å². The number of nitrogens with one attached hydrogen (secondary N) is 2. The highest BCUT2D eigenvalue weighted by Crippen LogP contribution is 2.44. The highest BCUT2D eigenvalue weighted by molar-refractivity contribution is 5.84. The van der Waals surface area contributed by atoms with Gasteiger partial charge in [0.1, 0.15) is 6.61 Å². The van der Waals surface area contributed by atoms with Gasteiger partial charge in [-0.1, -0.05) is 62.4 Å². The van der Waals surface area contributed by atoms with E-state index in [1.54, 1.807) is 0 Å². The second-order valence-corrected chi connectivity index (χ2v) is 9.77. The highest BCUT2D eigenvalue weighted by Gasteiger charge is 2.39. The van der Waals surface area contributed by atoms with Crippen molar-refractivity contribution in [3.63, 3.8) is 0 Å². The fourth-order valence-electron chi connectivity index (χ4n) is 5.40. The number of benzene rings is 2. The van der Waals surface area contributed by atoms with E-state index in [0.29, 0.717) is 25.7 Å². The predicted molar refractivity (Wildman–Crippen MR) is 133 cm³/mol. The quantitative estimate of drug-likeness (QED) is 0.459. The SMILES string of the molecule is CCC(CC)(CNC(=O)OCC1c2ccccc2-c2ccccc21)C(=O)NC1CC(CC(=O)O)C1. The fraction of sp³-hybridized carbons (Fsp3) is 0.464. The van der Waals surface area contributed by atoms with Gasteiger partial charge in [0.2, 0.25) is 5.91 Å². The average molecular weight is 479 g/mol. The molecule has 3 N–H and O–H groups in total. The summed E-state index contributed by atoms with van der Waals surface area (Å²) in [6.07, 6.45) is 2.12. The minimum absolute atomic E-state index is 0.00113. The second kappa shape index (κ2) is 10.5. The smallest absolute Gasteiger partial charge is 0.407 e. The molecule has 1 fully saturated rings. The van der Waals surface area contributed by atoms with Crippen LogP contribution in [-0.4, -0.2) is 42.3 Å². The first-order valence-corrected chi connectivity index (χ1v) is 12.5. The van der Waals surface area contributed by atoms with Gasteiger partial charge in [0.15, 0.2) is 0 Å². The van der Waals surface area contributed by atoms with E-state index in [1.807, 2.05) is 38.1 Å². The molecule has 0 heterocycles. The third-order valence-corrected chi connectivity index (χ3v) is 7.78. The zero-order valence-corrected chi connectivity index (χ0v) is 20.4.